The quantitative estimate of drug-likeness (QED) is 0.472. The second-order valence-electron chi connectivity index (χ2n) is 9.24. The van der Waals surface area contributed by atoms with Crippen molar-refractivity contribution in [1.82, 2.24) is 0 Å². The summed E-state index contributed by atoms with van der Waals surface area (Å²) >= 11 is 0. The summed E-state index contributed by atoms with van der Waals surface area (Å²) in [5.74, 6) is 3.89. The zero-order chi connectivity index (χ0) is 20.1. The summed E-state index contributed by atoms with van der Waals surface area (Å²) in [4.78, 5) is 0. The first-order chi connectivity index (χ1) is 13.3. The molecule has 0 radical (unpaired) electrons. The van der Waals surface area contributed by atoms with Crippen molar-refractivity contribution in [1.29, 1.82) is 0 Å². The molecule has 3 rings (SSSR count). The first kappa shape index (κ1) is 21.5. The molecule has 0 heterocycles. The van der Waals surface area contributed by atoms with E-state index in [9.17, 15) is 13.2 Å². The van der Waals surface area contributed by atoms with Crippen molar-refractivity contribution in [2.24, 2.45) is 23.7 Å². The summed E-state index contributed by atoms with van der Waals surface area (Å²) in [6.07, 6.45) is 8.56. The summed E-state index contributed by atoms with van der Waals surface area (Å²) in [6, 6.07) is 6.51. The van der Waals surface area contributed by atoms with Gasteiger partial charge in [0.25, 0.3) is 0 Å². The largest absolute Gasteiger partial charge is 0.573 e. The van der Waals surface area contributed by atoms with Crippen LogP contribution >= 0.6 is 0 Å². The van der Waals surface area contributed by atoms with Crippen molar-refractivity contribution < 1.29 is 17.9 Å². The molecule has 0 saturated heterocycles. The summed E-state index contributed by atoms with van der Waals surface area (Å²) in [6.45, 7) is 4.78. The summed E-state index contributed by atoms with van der Waals surface area (Å²) in [5, 5.41) is 0. The molecule has 1 unspecified atom stereocenters. The van der Waals surface area contributed by atoms with Crippen LogP contribution in [0.3, 0.4) is 0 Å². The lowest BCUT2D eigenvalue weighted by Gasteiger charge is -2.35. The highest BCUT2D eigenvalue weighted by Gasteiger charge is 2.31. The first-order valence-corrected chi connectivity index (χ1v) is 11.2. The van der Waals surface area contributed by atoms with Crippen molar-refractivity contribution in [3.05, 3.63) is 29.8 Å². The van der Waals surface area contributed by atoms with Crippen molar-refractivity contribution in [2.75, 3.05) is 0 Å². The van der Waals surface area contributed by atoms with Crippen molar-refractivity contribution in [3.63, 3.8) is 0 Å². The van der Waals surface area contributed by atoms with Crippen LogP contribution in [0.15, 0.2) is 24.3 Å². The fourth-order valence-corrected chi connectivity index (χ4v) is 5.56. The standard InChI is InChI=1S/C24H35F3O/c1-3-18-4-8-20(9-5-18)17(2)16-19-6-10-21(11-7-19)22-12-14-23(15-13-22)28-24(25,26)27/h12-15,17-21H,3-11,16H2,1-2H3. The molecule has 0 aromatic heterocycles. The van der Waals surface area contributed by atoms with E-state index in [1.54, 1.807) is 12.1 Å². The molecule has 1 aromatic carbocycles. The molecule has 158 valence electrons. The highest BCUT2D eigenvalue weighted by atomic mass is 19.4. The zero-order valence-electron chi connectivity index (χ0n) is 17.3. The van der Waals surface area contributed by atoms with Gasteiger partial charge in [0, 0.05) is 0 Å². The Labute approximate surface area is 168 Å². The van der Waals surface area contributed by atoms with Crippen molar-refractivity contribution in [2.45, 2.75) is 90.3 Å². The first-order valence-electron chi connectivity index (χ1n) is 11.2. The Kier molecular flexibility index (Phi) is 7.33. The van der Waals surface area contributed by atoms with Gasteiger partial charge in [0.15, 0.2) is 0 Å². The van der Waals surface area contributed by atoms with Crippen LogP contribution in [0.25, 0.3) is 0 Å². The van der Waals surface area contributed by atoms with Gasteiger partial charge in [-0.2, -0.15) is 0 Å². The third-order valence-corrected chi connectivity index (χ3v) is 7.41. The minimum atomic E-state index is -4.62. The Balaban J connectivity index is 1.43. The predicted octanol–water partition coefficient (Wildman–Crippen LogP) is 8.10. The van der Waals surface area contributed by atoms with Crippen LogP contribution in [0.5, 0.6) is 5.75 Å². The minimum absolute atomic E-state index is 0.128. The lowest BCUT2D eigenvalue weighted by atomic mass is 9.70. The van der Waals surface area contributed by atoms with Gasteiger partial charge in [0.1, 0.15) is 5.75 Å². The number of halogens is 3. The SMILES string of the molecule is CCC1CCC(C(C)CC2CCC(c3ccc(OC(F)(F)F)cc3)CC2)CC1. The highest BCUT2D eigenvalue weighted by molar-refractivity contribution is 5.29. The Morgan fingerprint density at radius 2 is 1.46 bits per heavy atom. The zero-order valence-corrected chi connectivity index (χ0v) is 17.3. The fraction of sp³-hybridized carbons (Fsp3) is 0.750. The van der Waals surface area contributed by atoms with Crippen LogP contribution in [0.1, 0.15) is 89.5 Å². The smallest absolute Gasteiger partial charge is 0.406 e. The monoisotopic (exact) mass is 396 g/mol. The number of ether oxygens (including phenoxy) is 1. The molecular weight excluding hydrogens is 361 g/mol. The Morgan fingerprint density at radius 1 is 0.893 bits per heavy atom. The van der Waals surface area contributed by atoms with Gasteiger partial charge in [-0.1, -0.05) is 45.2 Å². The summed E-state index contributed by atoms with van der Waals surface area (Å²) < 4.78 is 40.9. The molecule has 0 N–H and O–H groups in total. The number of hydrogen-bond acceptors (Lipinski definition) is 1. The van der Waals surface area contributed by atoms with Gasteiger partial charge < -0.3 is 4.74 Å². The van der Waals surface area contributed by atoms with Gasteiger partial charge in [0.2, 0.25) is 0 Å². The maximum Gasteiger partial charge on any atom is 0.573 e. The van der Waals surface area contributed by atoms with Crippen LogP contribution in [0.2, 0.25) is 0 Å². The molecule has 0 spiro atoms. The van der Waals surface area contributed by atoms with E-state index in [0.717, 1.165) is 42.1 Å². The van der Waals surface area contributed by atoms with Crippen LogP contribution in [-0.4, -0.2) is 6.36 Å². The number of hydrogen-bond donors (Lipinski definition) is 0. The molecule has 2 aliphatic carbocycles. The number of benzene rings is 1. The molecule has 1 atom stereocenters. The molecule has 0 amide bonds. The van der Waals surface area contributed by atoms with E-state index in [1.165, 1.54) is 63.5 Å². The molecule has 1 nitrogen and oxygen atoms in total. The van der Waals surface area contributed by atoms with E-state index >= 15 is 0 Å². The second-order valence-corrected chi connectivity index (χ2v) is 9.24. The number of alkyl halides is 3. The van der Waals surface area contributed by atoms with E-state index in [2.05, 4.69) is 18.6 Å². The van der Waals surface area contributed by atoms with Gasteiger partial charge in [0.05, 0.1) is 0 Å². The molecule has 1 aromatic rings. The van der Waals surface area contributed by atoms with Gasteiger partial charge >= 0.3 is 6.36 Å². The number of rotatable bonds is 6. The van der Waals surface area contributed by atoms with Crippen molar-refractivity contribution in [3.8, 4) is 5.75 Å². The van der Waals surface area contributed by atoms with Crippen LogP contribution in [-0.2, 0) is 0 Å². The van der Waals surface area contributed by atoms with E-state index in [1.807, 2.05) is 0 Å². The lowest BCUT2D eigenvalue weighted by molar-refractivity contribution is -0.274. The fourth-order valence-electron chi connectivity index (χ4n) is 5.56. The topological polar surface area (TPSA) is 9.23 Å². The average Bonchev–Trinajstić information content (AvgIpc) is 2.68. The molecular formula is C24H35F3O. The van der Waals surface area contributed by atoms with Gasteiger partial charge in [-0.05, 0) is 92.2 Å². The molecule has 2 fully saturated rings. The van der Waals surface area contributed by atoms with Crippen LogP contribution < -0.4 is 4.74 Å². The Bertz CT molecular complexity index is 579. The Morgan fingerprint density at radius 3 is 2.00 bits per heavy atom. The minimum Gasteiger partial charge on any atom is -0.406 e. The van der Waals surface area contributed by atoms with E-state index in [0.29, 0.717) is 5.92 Å². The van der Waals surface area contributed by atoms with Gasteiger partial charge in [-0.25, -0.2) is 0 Å². The summed E-state index contributed by atoms with van der Waals surface area (Å²) in [5.41, 5.74) is 1.15. The van der Waals surface area contributed by atoms with Crippen LogP contribution in [0.4, 0.5) is 13.2 Å². The van der Waals surface area contributed by atoms with Crippen molar-refractivity contribution >= 4 is 0 Å². The van der Waals surface area contributed by atoms with Crippen LogP contribution in [0, 0.1) is 23.7 Å². The molecule has 2 saturated carbocycles. The lowest BCUT2D eigenvalue weighted by Crippen LogP contribution is -2.23. The van der Waals surface area contributed by atoms with Gasteiger partial charge in [-0.3, -0.25) is 0 Å². The van der Waals surface area contributed by atoms with Gasteiger partial charge in [-0.15, -0.1) is 13.2 Å². The predicted molar refractivity (Wildman–Crippen MR) is 107 cm³/mol. The third-order valence-electron chi connectivity index (χ3n) is 7.41. The molecule has 4 heteroatoms. The average molecular weight is 397 g/mol. The maximum atomic E-state index is 12.3. The molecule has 28 heavy (non-hydrogen) atoms. The second kappa shape index (κ2) is 9.54. The van der Waals surface area contributed by atoms with E-state index in [4.69, 9.17) is 0 Å². The maximum absolute atomic E-state index is 12.3. The Hall–Kier alpha value is -1.19. The third kappa shape index (κ3) is 6.15. The summed E-state index contributed by atoms with van der Waals surface area (Å²) in [7, 11) is 0. The van der Waals surface area contributed by atoms with E-state index < -0.39 is 6.36 Å². The molecule has 2 aliphatic rings. The molecule has 0 bridgehead atoms. The van der Waals surface area contributed by atoms with E-state index in [-0.39, 0.29) is 5.75 Å². The molecule has 0 aliphatic heterocycles. The highest BCUT2D eigenvalue weighted by Crippen LogP contribution is 2.42. The normalized spacial score (nSPS) is 30.0.